The quantitative estimate of drug-likeness (QED) is 0.820. The molecule has 0 saturated carbocycles. The van der Waals surface area contributed by atoms with Crippen molar-refractivity contribution in [2.24, 2.45) is 5.92 Å². The van der Waals surface area contributed by atoms with Gasteiger partial charge in [-0.2, -0.15) is 0 Å². The van der Waals surface area contributed by atoms with E-state index < -0.39 is 0 Å². The minimum Gasteiger partial charge on any atom is -0.493 e. The molecule has 20 heavy (non-hydrogen) atoms. The van der Waals surface area contributed by atoms with Crippen LogP contribution in [0.4, 0.5) is 0 Å². The van der Waals surface area contributed by atoms with Gasteiger partial charge in [0.05, 0.1) is 19.6 Å². The molecule has 5 heteroatoms. The van der Waals surface area contributed by atoms with Gasteiger partial charge in [0, 0.05) is 6.54 Å². The third-order valence-corrected chi connectivity index (χ3v) is 3.39. The van der Waals surface area contributed by atoms with Gasteiger partial charge in [0.25, 0.3) is 0 Å². The van der Waals surface area contributed by atoms with Gasteiger partial charge < -0.3 is 20.1 Å². The van der Waals surface area contributed by atoms with Gasteiger partial charge in [-0.25, -0.2) is 0 Å². The first-order valence-corrected chi connectivity index (χ1v) is 6.99. The molecule has 1 amide bonds. The molecule has 1 fully saturated rings. The third kappa shape index (κ3) is 3.87. The van der Waals surface area contributed by atoms with Crippen molar-refractivity contribution >= 4 is 5.91 Å². The number of methoxy groups -OCH3 is 1. The van der Waals surface area contributed by atoms with Gasteiger partial charge in [0.1, 0.15) is 6.10 Å². The summed E-state index contributed by atoms with van der Waals surface area (Å²) in [5.41, 5.74) is 0. The van der Waals surface area contributed by atoms with Crippen molar-refractivity contribution in [1.29, 1.82) is 0 Å². The van der Waals surface area contributed by atoms with Gasteiger partial charge >= 0.3 is 0 Å². The first kappa shape index (κ1) is 14.7. The molecule has 1 saturated heterocycles. The predicted molar refractivity (Wildman–Crippen MR) is 77.1 cm³/mol. The Morgan fingerprint density at radius 2 is 2.20 bits per heavy atom. The van der Waals surface area contributed by atoms with Gasteiger partial charge in [-0.05, 0) is 32.0 Å². The van der Waals surface area contributed by atoms with E-state index in [2.05, 4.69) is 10.6 Å². The minimum atomic E-state index is -0.107. The van der Waals surface area contributed by atoms with E-state index in [0.717, 1.165) is 19.5 Å². The van der Waals surface area contributed by atoms with Crippen molar-refractivity contribution in [2.75, 3.05) is 26.7 Å². The van der Waals surface area contributed by atoms with Crippen molar-refractivity contribution < 1.29 is 14.3 Å². The van der Waals surface area contributed by atoms with Crippen LogP contribution in [0, 0.1) is 5.92 Å². The molecule has 0 aromatic heterocycles. The summed E-state index contributed by atoms with van der Waals surface area (Å²) in [6.07, 6.45) is 0.803. The maximum atomic E-state index is 11.9. The fourth-order valence-corrected chi connectivity index (χ4v) is 2.24. The van der Waals surface area contributed by atoms with Crippen LogP contribution >= 0.6 is 0 Å². The van der Waals surface area contributed by atoms with E-state index in [4.69, 9.17) is 9.47 Å². The van der Waals surface area contributed by atoms with Gasteiger partial charge in [-0.1, -0.05) is 12.1 Å². The van der Waals surface area contributed by atoms with Crippen molar-refractivity contribution in [1.82, 2.24) is 10.6 Å². The number of carbonyl (C=O) groups is 1. The summed E-state index contributed by atoms with van der Waals surface area (Å²) in [6, 6.07) is 7.50. The molecule has 1 aromatic carbocycles. The van der Waals surface area contributed by atoms with Gasteiger partial charge in [-0.3, -0.25) is 4.79 Å². The highest BCUT2D eigenvalue weighted by Gasteiger charge is 2.22. The molecule has 2 unspecified atom stereocenters. The summed E-state index contributed by atoms with van der Waals surface area (Å²) >= 11 is 0. The number of nitrogens with one attached hydrogen (secondary N) is 2. The van der Waals surface area contributed by atoms with Crippen LogP contribution in [0.3, 0.4) is 0 Å². The monoisotopic (exact) mass is 278 g/mol. The van der Waals surface area contributed by atoms with Crippen LogP contribution in [0.15, 0.2) is 24.3 Å². The lowest BCUT2D eigenvalue weighted by Crippen LogP contribution is -2.38. The Morgan fingerprint density at radius 1 is 1.45 bits per heavy atom. The number of para-hydroxylation sites is 2. The smallest absolute Gasteiger partial charge is 0.224 e. The van der Waals surface area contributed by atoms with Crippen LogP contribution in [0.2, 0.25) is 0 Å². The van der Waals surface area contributed by atoms with Crippen molar-refractivity contribution in [3.8, 4) is 11.5 Å². The van der Waals surface area contributed by atoms with Crippen LogP contribution in [-0.2, 0) is 4.79 Å². The van der Waals surface area contributed by atoms with Crippen molar-refractivity contribution in [3.63, 3.8) is 0 Å². The number of ether oxygens (including phenoxy) is 2. The minimum absolute atomic E-state index is 0.0912. The lowest BCUT2D eigenvalue weighted by molar-refractivity contribution is -0.124. The lowest BCUT2D eigenvalue weighted by Gasteiger charge is -2.18. The zero-order valence-electron chi connectivity index (χ0n) is 12.0. The fourth-order valence-electron chi connectivity index (χ4n) is 2.24. The summed E-state index contributed by atoms with van der Waals surface area (Å²) in [4.78, 5) is 11.9. The Labute approximate surface area is 119 Å². The lowest BCUT2D eigenvalue weighted by atomic mass is 10.1. The van der Waals surface area contributed by atoms with Crippen LogP contribution in [0.5, 0.6) is 11.5 Å². The molecule has 0 aliphatic carbocycles. The fraction of sp³-hybridized carbons (Fsp3) is 0.533. The molecule has 1 aliphatic rings. The molecular weight excluding hydrogens is 256 g/mol. The van der Waals surface area contributed by atoms with Crippen LogP contribution in [0.25, 0.3) is 0 Å². The molecule has 110 valence electrons. The van der Waals surface area contributed by atoms with Crippen molar-refractivity contribution in [3.05, 3.63) is 24.3 Å². The van der Waals surface area contributed by atoms with Crippen molar-refractivity contribution in [2.45, 2.75) is 19.4 Å². The number of hydrogen-bond donors (Lipinski definition) is 2. The summed E-state index contributed by atoms with van der Waals surface area (Å²) in [7, 11) is 1.61. The number of benzene rings is 1. The molecule has 2 N–H and O–H groups in total. The van der Waals surface area contributed by atoms with E-state index in [0.29, 0.717) is 18.0 Å². The number of carbonyl (C=O) groups excluding carboxylic acids is 1. The second-order valence-electron chi connectivity index (χ2n) is 5.01. The van der Waals surface area contributed by atoms with E-state index in [1.54, 1.807) is 7.11 Å². The molecule has 1 aliphatic heterocycles. The van der Waals surface area contributed by atoms with E-state index in [-0.39, 0.29) is 17.9 Å². The van der Waals surface area contributed by atoms with E-state index in [1.165, 1.54) is 0 Å². The SMILES string of the molecule is COc1ccccc1OC(C)CNC(=O)C1CCNC1. The normalized spacial score (nSPS) is 19.4. The van der Waals surface area contributed by atoms with E-state index in [1.807, 2.05) is 31.2 Å². The second kappa shape index (κ2) is 7.14. The van der Waals surface area contributed by atoms with Crippen LogP contribution < -0.4 is 20.1 Å². The van der Waals surface area contributed by atoms with Gasteiger partial charge in [0.2, 0.25) is 5.91 Å². The molecule has 5 nitrogen and oxygen atoms in total. The Bertz CT molecular complexity index is 444. The topological polar surface area (TPSA) is 59.6 Å². The molecule has 0 spiro atoms. The zero-order chi connectivity index (χ0) is 14.4. The molecule has 1 aromatic rings. The molecule has 0 bridgehead atoms. The average Bonchev–Trinajstić information content (AvgIpc) is 2.99. The second-order valence-corrected chi connectivity index (χ2v) is 5.01. The Morgan fingerprint density at radius 3 is 2.85 bits per heavy atom. The van der Waals surface area contributed by atoms with Gasteiger partial charge in [0.15, 0.2) is 11.5 Å². The molecular formula is C15H22N2O3. The molecule has 2 rings (SSSR count). The average molecular weight is 278 g/mol. The largest absolute Gasteiger partial charge is 0.493 e. The first-order valence-electron chi connectivity index (χ1n) is 6.99. The van der Waals surface area contributed by atoms with Gasteiger partial charge in [-0.15, -0.1) is 0 Å². The maximum absolute atomic E-state index is 11.9. The predicted octanol–water partition coefficient (Wildman–Crippen LogP) is 1.19. The Kier molecular flexibility index (Phi) is 5.24. The highest BCUT2D eigenvalue weighted by Crippen LogP contribution is 2.26. The maximum Gasteiger partial charge on any atom is 0.224 e. The van der Waals surface area contributed by atoms with E-state index in [9.17, 15) is 4.79 Å². The number of hydrogen-bond acceptors (Lipinski definition) is 4. The first-order chi connectivity index (χ1) is 9.70. The third-order valence-electron chi connectivity index (χ3n) is 3.39. The molecule has 0 radical (unpaired) electrons. The van der Waals surface area contributed by atoms with Crippen LogP contribution in [0.1, 0.15) is 13.3 Å². The number of amides is 1. The Balaban J connectivity index is 1.80. The summed E-state index contributed by atoms with van der Waals surface area (Å²) < 4.78 is 11.0. The zero-order valence-corrected chi connectivity index (χ0v) is 12.0. The number of rotatable bonds is 6. The van der Waals surface area contributed by atoms with Crippen LogP contribution in [-0.4, -0.2) is 38.8 Å². The molecule has 1 heterocycles. The highest BCUT2D eigenvalue weighted by atomic mass is 16.5. The Hall–Kier alpha value is -1.75. The summed E-state index contributed by atoms with van der Waals surface area (Å²) in [6.45, 7) is 4.12. The summed E-state index contributed by atoms with van der Waals surface area (Å²) in [5, 5.41) is 6.12. The molecule has 2 atom stereocenters. The highest BCUT2D eigenvalue weighted by molar-refractivity contribution is 5.79. The standard InChI is InChI=1S/C15H22N2O3/c1-11(9-17-15(18)12-7-8-16-10-12)20-14-6-4-3-5-13(14)19-2/h3-6,11-12,16H,7-10H2,1-2H3,(H,17,18). The summed E-state index contributed by atoms with van der Waals surface area (Å²) in [5.74, 6) is 1.59. The van der Waals surface area contributed by atoms with E-state index >= 15 is 0 Å².